The van der Waals surface area contributed by atoms with Crippen molar-refractivity contribution in [3.8, 4) is 11.3 Å². The fraction of sp³-hybridized carbons (Fsp3) is 0.370. The second-order valence-corrected chi connectivity index (χ2v) is 9.73. The molecule has 1 aromatic heterocycles. The van der Waals surface area contributed by atoms with E-state index in [-0.39, 0.29) is 17.4 Å². The number of aromatic nitrogens is 1. The summed E-state index contributed by atoms with van der Waals surface area (Å²) in [7, 11) is 1.99. The van der Waals surface area contributed by atoms with Gasteiger partial charge in [0.1, 0.15) is 5.69 Å². The Kier molecular flexibility index (Phi) is 4.70. The third kappa shape index (κ3) is 3.11. The molecule has 4 fully saturated rings. The van der Waals surface area contributed by atoms with Crippen LogP contribution in [-0.2, 0) is 12.5 Å². The van der Waals surface area contributed by atoms with Crippen molar-refractivity contribution in [1.82, 2.24) is 19.7 Å². The summed E-state index contributed by atoms with van der Waals surface area (Å²) < 4.78 is 2.02. The molecule has 2 aromatic carbocycles. The molecule has 3 unspecified atom stereocenters. The molecule has 164 valence electrons. The predicted molar refractivity (Wildman–Crippen MR) is 127 cm³/mol. The van der Waals surface area contributed by atoms with E-state index >= 15 is 0 Å². The number of hydrogen-bond acceptors (Lipinski definition) is 3. The highest BCUT2D eigenvalue weighted by atomic mass is 16.2. The molecule has 0 spiro atoms. The number of rotatable bonds is 4. The molecule has 3 atom stereocenters. The maximum Gasteiger partial charge on any atom is 0.268 e. The van der Waals surface area contributed by atoms with E-state index in [2.05, 4.69) is 63.6 Å². The summed E-state index contributed by atoms with van der Waals surface area (Å²) in [6.45, 7) is 6.42. The summed E-state index contributed by atoms with van der Waals surface area (Å²) in [5, 5.41) is 3.54. The molecular weight excluding hydrogens is 396 g/mol. The summed E-state index contributed by atoms with van der Waals surface area (Å²) >= 11 is 0. The lowest BCUT2D eigenvalue weighted by Crippen LogP contribution is -2.70. The standard InChI is InChI=1S/C27H30N4O/c1-29-23(20-8-4-2-5-9-20)12-13-24(29)26(32)28-25-21-16-30-14-15-31(17-21)19-27(25,18-30)22-10-6-3-7-11-22/h2-13,21,25H,14-19H2,1H3,(H,28,32). The molecule has 4 bridgehead atoms. The first-order valence-corrected chi connectivity index (χ1v) is 11.7. The number of nitrogens with zero attached hydrogens (tertiary/aromatic N) is 3. The van der Waals surface area contributed by atoms with Crippen molar-refractivity contribution < 1.29 is 4.79 Å². The van der Waals surface area contributed by atoms with Gasteiger partial charge in [-0.25, -0.2) is 0 Å². The van der Waals surface area contributed by atoms with Crippen LogP contribution < -0.4 is 5.32 Å². The van der Waals surface area contributed by atoms with E-state index in [1.54, 1.807) is 0 Å². The summed E-state index contributed by atoms with van der Waals surface area (Å²) in [5.41, 5.74) is 4.19. The van der Waals surface area contributed by atoms with Crippen LogP contribution in [0.1, 0.15) is 16.1 Å². The Morgan fingerprint density at radius 2 is 1.50 bits per heavy atom. The third-order valence-electron chi connectivity index (χ3n) is 7.86. The van der Waals surface area contributed by atoms with E-state index in [0.717, 1.165) is 56.2 Å². The summed E-state index contributed by atoms with van der Waals surface area (Å²) in [6.07, 6.45) is 0. The van der Waals surface area contributed by atoms with Gasteiger partial charge in [-0.15, -0.1) is 0 Å². The zero-order valence-electron chi connectivity index (χ0n) is 18.6. The topological polar surface area (TPSA) is 40.5 Å². The van der Waals surface area contributed by atoms with Gasteiger partial charge in [0.2, 0.25) is 0 Å². The first-order chi connectivity index (χ1) is 15.6. The van der Waals surface area contributed by atoms with Crippen LogP contribution in [0.4, 0.5) is 0 Å². The largest absolute Gasteiger partial charge is 0.347 e. The Morgan fingerprint density at radius 3 is 2.16 bits per heavy atom. The minimum absolute atomic E-state index is 0.0335. The number of carbonyl (C=O) groups excluding carboxylic acids is 1. The number of carbonyl (C=O) groups is 1. The van der Waals surface area contributed by atoms with Crippen molar-refractivity contribution in [3.63, 3.8) is 0 Å². The van der Waals surface area contributed by atoms with Crippen LogP contribution in [0.3, 0.4) is 0 Å². The molecule has 3 aromatic rings. The van der Waals surface area contributed by atoms with E-state index in [0.29, 0.717) is 5.92 Å². The molecule has 5 heteroatoms. The highest BCUT2D eigenvalue weighted by Crippen LogP contribution is 2.43. The average molecular weight is 427 g/mol. The number of hydrogen-bond donors (Lipinski definition) is 1. The number of benzene rings is 2. The smallest absolute Gasteiger partial charge is 0.268 e. The van der Waals surface area contributed by atoms with E-state index in [4.69, 9.17) is 0 Å². The highest BCUT2D eigenvalue weighted by molar-refractivity contribution is 5.94. The molecular formula is C27H30N4O. The molecule has 0 aliphatic carbocycles. The molecule has 1 N–H and O–H groups in total. The number of piperidine rings is 2. The van der Waals surface area contributed by atoms with Gasteiger partial charge in [-0.3, -0.25) is 4.79 Å². The zero-order valence-corrected chi connectivity index (χ0v) is 18.6. The molecule has 4 saturated heterocycles. The Bertz CT molecular complexity index is 1110. The quantitative estimate of drug-likeness (QED) is 0.697. The SMILES string of the molecule is Cn1c(C(=O)NC2C3CN4CCN(C3)CC2(c2ccccc2)C4)ccc1-c1ccccc1. The van der Waals surface area contributed by atoms with E-state index in [1.165, 1.54) is 5.56 Å². The van der Waals surface area contributed by atoms with Gasteiger partial charge in [-0.1, -0.05) is 60.7 Å². The van der Waals surface area contributed by atoms with Crippen LogP contribution in [0, 0.1) is 5.92 Å². The second-order valence-electron chi connectivity index (χ2n) is 9.73. The Balaban J connectivity index is 1.34. The first-order valence-electron chi connectivity index (χ1n) is 11.7. The lowest BCUT2D eigenvalue weighted by molar-refractivity contribution is 0.0179. The molecule has 32 heavy (non-hydrogen) atoms. The maximum absolute atomic E-state index is 13.6. The number of amides is 1. The minimum atomic E-state index is -0.0674. The molecule has 7 rings (SSSR count). The van der Waals surface area contributed by atoms with E-state index < -0.39 is 0 Å². The van der Waals surface area contributed by atoms with Crippen molar-refractivity contribution in [2.45, 2.75) is 11.5 Å². The van der Waals surface area contributed by atoms with Crippen LogP contribution >= 0.6 is 0 Å². The number of fused-ring (bicyclic) bond motifs is 1. The fourth-order valence-electron chi connectivity index (χ4n) is 6.42. The normalized spacial score (nSPS) is 30.8. The first kappa shape index (κ1) is 19.8. The van der Waals surface area contributed by atoms with Crippen molar-refractivity contribution in [3.05, 3.63) is 84.1 Å². The molecule has 5 nitrogen and oxygen atoms in total. The molecule has 0 radical (unpaired) electrons. The van der Waals surface area contributed by atoms with Gasteiger partial charge in [0.05, 0.1) is 0 Å². The van der Waals surface area contributed by atoms with Crippen LogP contribution in [0.2, 0.25) is 0 Å². The summed E-state index contributed by atoms with van der Waals surface area (Å²) in [6, 6.07) is 25.3. The minimum Gasteiger partial charge on any atom is -0.347 e. The zero-order chi connectivity index (χ0) is 21.7. The molecule has 4 aliphatic heterocycles. The van der Waals surface area contributed by atoms with E-state index in [1.807, 2.05) is 35.9 Å². The van der Waals surface area contributed by atoms with Gasteiger partial charge < -0.3 is 19.7 Å². The van der Waals surface area contributed by atoms with Crippen molar-refractivity contribution in [2.24, 2.45) is 13.0 Å². The van der Waals surface area contributed by atoms with E-state index in [9.17, 15) is 4.79 Å². The molecule has 1 amide bonds. The van der Waals surface area contributed by atoms with Gasteiger partial charge in [0.25, 0.3) is 5.91 Å². The second kappa shape index (κ2) is 7.61. The van der Waals surface area contributed by atoms with Crippen LogP contribution in [0.15, 0.2) is 72.8 Å². The van der Waals surface area contributed by atoms with Gasteiger partial charge in [0.15, 0.2) is 0 Å². The van der Waals surface area contributed by atoms with Crippen molar-refractivity contribution in [2.75, 3.05) is 39.3 Å². The van der Waals surface area contributed by atoms with Gasteiger partial charge in [0, 0.05) is 69.4 Å². The molecule has 4 aliphatic rings. The van der Waals surface area contributed by atoms with Crippen molar-refractivity contribution in [1.29, 1.82) is 0 Å². The van der Waals surface area contributed by atoms with Crippen molar-refractivity contribution >= 4 is 5.91 Å². The Morgan fingerprint density at radius 1 is 0.875 bits per heavy atom. The average Bonchev–Trinajstić information content (AvgIpc) is 3.03. The highest BCUT2D eigenvalue weighted by Gasteiger charge is 2.55. The van der Waals surface area contributed by atoms with Crippen LogP contribution in [0.5, 0.6) is 0 Å². The summed E-state index contributed by atoms with van der Waals surface area (Å²) in [5.74, 6) is 0.476. The Hall–Kier alpha value is -2.89. The lowest BCUT2D eigenvalue weighted by Gasteiger charge is -2.55. The molecule has 0 saturated carbocycles. The maximum atomic E-state index is 13.6. The third-order valence-corrected chi connectivity index (χ3v) is 7.86. The fourth-order valence-corrected chi connectivity index (χ4v) is 6.42. The summed E-state index contributed by atoms with van der Waals surface area (Å²) in [4.78, 5) is 18.8. The van der Waals surface area contributed by atoms with Gasteiger partial charge >= 0.3 is 0 Å². The van der Waals surface area contributed by atoms with Crippen LogP contribution in [0.25, 0.3) is 11.3 Å². The van der Waals surface area contributed by atoms with Gasteiger partial charge in [-0.05, 0) is 23.3 Å². The number of nitrogens with one attached hydrogen (secondary N) is 1. The molecule has 5 heterocycles. The predicted octanol–water partition coefficient (Wildman–Crippen LogP) is 2.99. The monoisotopic (exact) mass is 426 g/mol. The van der Waals surface area contributed by atoms with Crippen LogP contribution in [-0.4, -0.2) is 65.6 Å². The lowest BCUT2D eigenvalue weighted by atomic mass is 9.64. The Labute approximate surface area is 189 Å². The van der Waals surface area contributed by atoms with Gasteiger partial charge in [-0.2, -0.15) is 0 Å².